The third kappa shape index (κ3) is 4.48. The zero-order valence-corrected chi connectivity index (χ0v) is 12.1. The molecule has 0 aliphatic carbocycles. The van der Waals surface area contributed by atoms with Gasteiger partial charge in [0, 0.05) is 24.7 Å². The van der Waals surface area contributed by atoms with Gasteiger partial charge < -0.3 is 16.4 Å². The average Bonchev–Trinajstić information content (AvgIpc) is 2.44. The number of anilines is 2. The number of nitrogens with one attached hydrogen (secondary N) is 2. The summed E-state index contributed by atoms with van der Waals surface area (Å²) in [5.74, 6) is 0.800. The zero-order valence-electron chi connectivity index (χ0n) is 10.6. The first kappa shape index (κ1) is 14.8. The lowest BCUT2D eigenvalue weighted by molar-refractivity contribution is 0.956. The van der Waals surface area contributed by atoms with Gasteiger partial charge in [-0.15, -0.1) is 0 Å². The first-order valence-corrected chi connectivity index (χ1v) is 6.77. The van der Waals surface area contributed by atoms with Gasteiger partial charge in [-0.25, -0.2) is 0 Å². The lowest BCUT2D eigenvalue weighted by Crippen LogP contribution is -2.16. The molecule has 0 saturated heterocycles. The number of nitrogens with zero attached hydrogens (tertiary/aromatic N) is 3. The van der Waals surface area contributed by atoms with Crippen molar-refractivity contribution in [3.63, 3.8) is 0 Å². The second-order valence-electron chi connectivity index (χ2n) is 3.95. The topological polar surface area (TPSA) is 88.8 Å². The van der Waals surface area contributed by atoms with Crippen LogP contribution in [0.4, 0.5) is 11.9 Å². The van der Waals surface area contributed by atoms with Crippen molar-refractivity contribution >= 4 is 35.1 Å². The molecule has 0 bridgehead atoms. The number of hydrogen-bond acceptors (Lipinski definition) is 6. The van der Waals surface area contributed by atoms with Crippen molar-refractivity contribution in [2.24, 2.45) is 5.73 Å². The number of halogens is 2. The SMILES string of the molecule is NCCNc1nc(Cl)nc(NCc2ccc(Cl)cc2)n1. The van der Waals surface area contributed by atoms with Gasteiger partial charge in [-0.1, -0.05) is 23.7 Å². The number of benzene rings is 1. The Morgan fingerprint density at radius 2 is 1.60 bits per heavy atom. The molecule has 0 atom stereocenters. The summed E-state index contributed by atoms with van der Waals surface area (Å²) in [4.78, 5) is 12.2. The van der Waals surface area contributed by atoms with Crippen LogP contribution >= 0.6 is 23.2 Å². The Bertz CT molecular complexity index is 560. The number of hydrogen-bond donors (Lipinski definition) is 3. The van der Waals surface area contributed by atoms with E-state index in [-0.39, 0.29) is 5.28 Å². The Labute approximate surface area is 126 Å². The van der Waals surface area contributed by atoms with Gasteiger partial charge in [0.1, 0.15) is 0 Å². The molecule has 0 aliphatic rings. The normalized spacial score (nSPS) is 10.3. The van der Waals surface area contributed by atoms with Crippen molar-refractivity contribution in [1.29, 1.82) is 0 Å². The molecule has 0 unspecified atom stereocenters. The number of rotatable bonds is 6. The Kier molecular flexibility index (Phi) is 5.34. The predicted molar refractivity (Wildman–Crippen MR) is 81.2 cm³/mol. The fourth-order valence-electron chi connectivity index (χ4n) is 1.48. The minimum absolute atomic E-state index is 0.123. The Morgan fingerprint density at radius 1 is 0.950 bits per heavy atom. The van der Waals surface area contributed by atoms with Crippen molar-refractivity contribution in [3.05, 3.63) is 40.1 Å². The van der Waals surface area contributed by atoms with E-state index in [1.54, 1.807) is 0 Å². The van der Waals surface area contributed by atoms with Gasteiger partial charge in [0.25, 0.3) is 0 Å². The van der Waals surface area contributed by atoms with E-state index in [1.807, 2.05) is 24.3 Å². The smallest absolute Gasteiger partial charge is 0.229 e. The Balaban J connectivity index is 2.01. The lowest BCUT2D eigenvalue weighted by Gasteiger charge is -2.08. The van der Waals surface area contributed by atoms with Crippen LogP contribution in [0, 0.1) is 0 Å². The number of nitrogens with two attached hydrogens (primary N) is 1. The highest BCUT2D eigenvalue weighted by atomic mass is 35.5. The molecule has 0 radical (unpaired) electrons. The standard InChI is InChI=1S/C12H14Cl2N6/c13-9-3-1-8(2-4-9)7-17-12-19-10(14)18-11(20-12)16-6-5-15/h1-4H,5-7,15H2,(H2,16,17,18,19,20). The maximum Gasteiger partial charge on any atom is 0.229 e. The van der Waals surface area contributed by atoms with Gasteiger partial charge in [0.15, 0.2) is 0 Å². The maximum atomic E-state index is 5.84. The van der Waals surface area contributed by atoms with E-state index in [0.717, 1.165) is 5.56 Å². The summed E-state index contributed by atoms with van der Waals surface area (Å²) >= 11 is 11.7. The minimum atomic E-state index is 0.123. The van der Waals surface area contributed by atoms with Crippen molar-refractivity contribution in [1.82, 2.24) is 15.0 Å². The molecule has 0 saturated carbocycles. The van der Waals surface area contributed by atoms with Crippen LogP contribution in [0.1, 0.15) is 5.56 Å². The summed E-state index contributed by atoms with van der Waals surface area (Å²) < 4.78 is 0. The minimum Gasteiger partial charge on any atom is -0.353 e. The molecule has 20 heavy (non-hydrogen) atoms. The fourth-order valence-corrected chi connectivity index (χ4v) is 1.76. The van der Waals surface area contributed by atoms with E-state index in [1.165, 1.54) is 0 Å². The molecule has 0 fully saturated rings. The van der Waals surface area contributed by atoms with Crippen LogP contribution in [-0.4, -0.2) is 28.0 Å². The summed E-state index contributed by atoms with van der Waals surface area (Å²) in [5, 5.41) is 6.85. The second-order valence-corrected chi connectivity index (χ2v) is 4.72. The number of aromatic nitrogens is 3. The molecule has 4 N–H and O–H groups in total. The van der Waals surface area contributed by atoms with Gasteiger partial charge in [-0.2, -0.15) is 15.0 Å². The fraction of sp³-hybridized carbons (Fsp3) is 0.250. The van der Waals surface area contributed by atoms with Crippen LogP contribution in [0.15, 0.2) is 24.3 Å². The molecular weight excluding hydrogens is 299 g/mol. The Morgan fingerprint density at radius 3 is 2.25 bits per heavy atom. The molecule has 8 heteroatoms. The van der Waals surface area contributed by atoms with Gasteiger partial charge in [-0.3, -0.25) is 0 Å². The molecule has 0 amide bonds. The van der Waals surface area contributed by atoms with E-state index < -0.39 is 0 Å². The van der Waals surface area contributed by atoms with Gasteiger partial charge in [0.05, 0.1) is 0 Å². The largest absolute Gasteiger partial charge is 0.353 e. The predicted octanol–water partition coefficient (Wildman–Crippen LogP) is 2.16. The van der Waals surface area contributed by atoms with Crippen LogP contribution < -0.4 is 16.4 Å². The third-order valence-corrected chi connectivity index (χ3v) is 2.82. The Hall–Kier alpha value is -1.63. The van der Waals surface area contributed by atoms with E-state index >= 15 is 0 Å². The van der Waals surface area contributed by atoms with Crippen molar-refractivity contribution in [3.8, 4) is 0 Å². The summed E-state index contributed by atoms with van der Waals surface area (Å²) in [5.41, 5.74) is 6.46. The molecule has 0 aliphatic heterocycles. The van der Waals surface area contributed by atoms with E-state index in [2.05, 4.69) is 25.6 Å². The first-order valence-electron chi connectivity index (χ1n) is 6.01. The van der Waals surface area contributed by atoms with Crippen LogP contribution in [0.3, 0.4) is 0 Å². The van der Waals surface area contributed by atoms with E-state index in [9.17, 15) is 0 Å². The molecule has 106 valence electrons. The molecule has 1 heterocycles. The molecule has 6 nitrogen and oxygen atoms in total. The van der Waals surface area contributed by atoms with Crippen LogP contribution in [-0.2, 0) is 6.54 Å². The summed E-state index contributed by atoms with van der Waals surface area (Å²) in [6.07, 6.45) is 0. The molecule has 2 aromatic rings. The summed E-state index contributed by atoms with van der Waals surface area (Å²) in [6.45, 7) is 1.61. The van der Waals surface area contributed by atoms with Gasteiger partial charge in [-0.05, 0) is 29.3 Å². The quantitative estimate of drug-likeness (QED) is 0.757. The second kappa shape index (κ2) is 7.23. The highest BCUT2D eigenvalue weighted by Gasteiger charge is 2.04. The van der Waals surface area contributed by atoms with Crippen molar-refractivity contribution < 1.29 is 0 Å². The van der Waals surface area contributed by atoms with E-state index in [4.69, 9.17) is 28.9 Å². The van der Waals surface area contributed by atoms with E-state index in [0.29, 0.717) is 36.6 Å². The summed E-state index contributed by atoms with van der Waals surface area (Å²) in [7, 11) is 0. The van der Waals surface area contributed by atoms with Gasteiger partial charge >= 0.3 is 0 Å². The van der Waals surface area contributed by atoms with Crippen molar-refractivity contribution in [2.45, 2.75) is 6.54 Å². The van der Waals surface area contributed by atoms with Crippen LogP contribution in [0.25, 0.3) is 0 Å². The molecule has 1 aromatic heterocycles. The molecule has 2 rings (SSSR count). The zero-order chi connectivity index (χ0) is 14.4. The third-order valence-electron chi connectivity index (χ3n) is 2.40. The highest BCUT2D eigenvalue weighted by Crippen LogP contribution is 2.12. The summed E-state index contributed by atoms with van der Waals surface area (Å²) in [6, 6.07) is 7.50. The lowest BCUT2D eigenvalue weighted by atomic mass is 10.2. The molecule has 0 spiro atoms. The first-order chi connectivity index (χ1) is 9.67. The maximum absolute atomic E-state index is 5.84. The highest BCUT2D eigenvalue weighted by molar-refractivity contribution is 6.30. The van der Waals surface area contributed by atoms with Crippen molar-refractivity contribution in [2.75, 3.05) is 23.7 Å². The van der Waals surface area contributed by atoms with Crippen LogP contribution in [0.5, 0.6) is 0 Å². The molecular formula is C12H14Cl2N6. The van der Waals surface area contributed by atoms with Gasteiger partial charge in [0.2, 0.25) is 17.2 Å². The van der Waals surface area contributed by atoms with Crippen LogP contribution in [0.2, 0.25) is 10.3 Å². The molecule has 1 aromatic carbocycles. The monoisotopic (exact) mass is 312 g/mol. The average molecular weight is 313 g/mol.